The van der Waals surface area contributed by atoms with Crippen LogP contribution in [0.2, 0.25) is 0 Å². The third-order valence-electron chi connectivity index (χ3n) is 3.63. The van der Waals surface area contributed by atoms with Crippen LogP contribution in [0, 0.1) is 5.82 Å². The molecule has 4 nitrogen and oxygen atoms in total. The summed E-state index contributed by atoms with van der Waals surface area (Å²) in [5, 5.41) is 13.5. The van der Waals surface area contributed by atoms with Crippen molar-refractivity contribution in [3.05, 3.63) is 65.5 Å². The van der Waals surface area contributed by atoms with Crippen LogP contribution >= 0.6 is 24.0 Å². The molecule has 4 N–H and O–H groups in total. The van der Waals surface area contributed by atoms with Crippen molar-refractivity contribution >= 4 is 35.6 Å². The lowest BCUT2D eigenvalue weighted by Crippen LogP contribution is -2.29. The van der Waals surface area contributed by atoms with Crippen LogP contribution in [0.5, 0.6) is 0 Å². The van der Waals surface area contributed by atoms with E-state index in [1.54, 1.807) is 19.1 Å². The Labute approximate surface area is 159 Å². The molecule has 0 aliphatic carbocycles. The number of nitrogens with one attached hydrogen (secondary N) is 1. The normalized spacial score (nSPS) is 13.8. The Morgan fingerprint density at radius 2 is 1.92 bits per heavy atom. The maximum absolute atomic E-state index is 13.0. The zero-order chi connectivity index (χ0) is 16.9. The van der Waals surface area contributed by atoms with E-state index in [4.69, 9.17) is 5.73 Å². The molecule has 6 heteroatoms. The Morgan fingerprint density at radius 3 is 2.54 bits per heavy atom. The second kappa shape index (κ2) is 8.98. The molecule has 0 heterocycles. The number of hydrogen-bond acceptors (Lipinski definition) is 2. The lowest BCUT2D eigenvalue weighted by Gasteiger charge is -2.22. The van der Waals surface area contributed by atoms with Crippen molar-refractivity contribution < 1.29 is 9.50 Å². The van der Waals surface area contributed by atoms with Crippen molar-refractivity contribution in [1.29, 1.82) is 0 Å². The summed E-state index contributed by atoms with van der Waals surface area (Å²) < 4.78 is 13.0. The van der Waals surface area contributed by atoms with Gasteiger partial charge in [0.15, 0.2) is 5.96 Å². The molecule has 2 aromatic rings. The summed E-state index contributed by atoms with van der Waals surface area (Å²) in [4.78, 5) is 4.18. The van der Waals surface area contributed by atoms with Crippen LogP contribution in [0.3, 0.4) is 0 Å². The number of hydrogen-bond donors (Lipinski definition) is 3. The molecule has 0 aliphatic heterocycles. The van der Waals surface area contributed by atoms with Crippen molar-refractivity contribution in [2.45, 2.75) is 25.9 Å². The number of nitrogens with two attached hydrogens (primary N) is 1. The number of anilines is 1. The fourth-order valence-electron chi connectivity index (χ4n) is 2.20. The Balaban J connectivity index is 0.00000288. The van der Waals surface area contributed by atoms with Crippen LogP contribution in [-0.4, -0.2) is 17.6 Å². The van der Waals surface area contributed by atoms with Gasteiger partial charge in [-0.05, 0) is 48.7 Å². The van der Waals surface area contributed by atoms with E-state index in [0.717, 1.165) is 12.1 Å². The minimum absolute atomic E-state index is 0. The zero-order valence-corrected chi connectivity index (χ0v) is 16.1. The van der Waals surface area contributed by atoms with Crippen LogP contribution in [0.15, 0.2) is 53.5 Å². The molecule has 2 aromatic carbocycles. The van der Waals surface area contributed by atoms with Crippen LogP contribution < -0.4 is 11.1 Å². The monoisotopic (exact) mass is 443 g/mol. The van der Waals surface area contributed by atoms with Gasteiger partial charge in [-0.15, -0.1) is 24.0 Å². The van der Waals surface area contributed by atoms with Crippen molar-refractivity contribution in [2.75, 3.05) is 11.9 Å². The number of guanidine groups is 1. The number of halogens is 2. The first-order valence-corrected chi connectivity index (χ1v) is 7.55. The number of aliphatic hydroxyl groups is 1. The molecule has 24 heavy (non-hydrogen) atoms. The van der Waals surface area contributed by atoms with Gasteiger partial charge in [0, 0.05) is 5.69 Å². The van der Waals surface area contributed by atoms with Gasteiger partial charge >= 0.3 is 0 Å². The third-order valence-corrected chi connectivity index (χ3v) is 3.63. The Hall–Kier alpha value is -1.67. The Bertz CT molecular complexity index is 687. The van der Waals surface area contributed by atoms with Gasteiger partial charge in [-0.25, -0.2) is 9.38 Å². The highest BCUT2D eigenvalue weighted by Gasteiger charge is 2.22. The van der Waals surface area contributed by atoms with Gasteiger partial charge in [0.2, 0.25) is 0 Å². The van der Waals surface area contributed by atoms with E-state index in [1.165, 1.54) is 17.7 Å². The van der Waals surface area contributed by atoms with Gasteiger partial charge in [0.1, 0.15) is 11.4 Å². The number of benzene rings is 2. The summed E-state index contributed by atoms with van der Waals surface area (Å²) in [6.45, 7) is 3.77. The lowest BCUT2D eigenvalue weighted by atomic mass is 9.96. The second-order valence-corrected chi connectivity index (χ2v) is 5.66. The van der Waals surface area contributed by atoms with Crippen LogP contribution in [-0.2, 0) is 12.0 Å². The van der Waals surface area contributed by atoms with Gasteiger partial charge in [0.05, 0.1) is 6.54 Å². The highest BCUT2D eigenvalue weighted by Crippen LogP contribution is 2.21. The molecule has 0 saturated carbocycles. The number of aryl methyl sites for hydroxylation is 1. The molecule has 0 bridgehead atoms. The van der Waals surface area contributed by atoms with Crippen LogP contribution in [0.1, 0.15) is 25.0 Å². The Morgan fingerprint density at radius 1 is 1.25 bits per heavy atom. The lowest BCUT2D eigenvalue weighted by molar-refractivity contribution is 0.0673. The maximum atomic E-state index is 13.0. The molecule has 0 aromatic heterocycles. The van der Waals surface area contributed by atoms with Gasteiger partial charge in [-0.2, -0.15) is 0 Å². The molecule has 0 amide bonds. The first kappa shape index (κ1) is 20.4. The van der Waals surface area contributed by atoms with E-state index in [1.807, 2.05) is 24.3 Å². The predicted molar refractivity (Wildman–Crippen MR) is 107 cm³/mol. The summed E-state index contributed by atoms with van der Waals surface area (Å²) >= 11 is 0. The van der Waals surface area contributed by atoms with E-state index in [-0.39, 0.29) is 42.3 Å². The quantitative estimate of drug-likeness (QED) is 0.376. The van der Waals surface area contributed by atoms with Crippen molar-refractivity contribution in [3.8, 4) is 0 Å². The highest BCUT2D eigenvalue weighted by atomic mass is 127. The van der Waals surface area contributed by atoms with E-state index in [2.05, 4.69) is 17.2 Å². The minimum atomic E-state index is -1.22. The smallest absolute Gasteiger partial charge is 0.193 e. The number of rotatable bonds is 5. The topological polar surface area (TPSA) is 70.6 Å². The molecular formula is C18H23FIN3O. The van der Waals surface area contributed by atoms with Gasteiger partial charge in [-0.3, -0.25) is 0 Å². The third kappa shape index (κ3) is 5.76. The summed E-state index contributed by atoms with van der Waals surface area (Å²) in [5.41, 5.74) is 7.29. The van der Waals surface area contributed by atoms with E-state index < -0.39 is 5.60 Å². The average molecular weight is 443 g/mol. The van der Waals surface area contributed by atoms with E-state index in [0.29, 0.717) is 5.56 Å². The van der Waals surface area contributed by atoms with Crippen LogP contribution in [0.25, 0.3) is 0 Å². The first-order valence-electron chi connectivity index (χ1n) is 7.55. The fraction of sp³-hybridized carbons (Fsp3) is 0.278. The first-order chi connectivity index (χ1) is 10.9. The molecule has 0 radical (unpaired) electrons. The number of aliphatic imine (C=N–C) groups is 1. The molecule has 1 unspecified atom stereocenters. The van der Waals surface area contributed by atoms with Gasteiger partial charge in [-0.1, -0.05) is 31.2 Å². The fourth-order valence-corrected chi connectivity index (χ4v) is 2.20. The molecule has 0 aliphatic rings. The molecule has 0 saturated heterocycles. The van der Waals surface area contributed by atoms with E-state index >= 15 is 0 Å². The minimum Gasteiger partial charge on any atom is -0.384 e. The maximum Gasteiger partial charge on any atom is 0.193 e. The second-order valence-electron chi connectivity index (χ2n) is 5.66. The summed E-state index contributed by atoms with van der Waals surface area (Å²) in [7, 11) is 0. The van der Waals surface area contributed by atoms with Gasteiger partial charge in [0.25, 0.3) is 0 Å². The van der Waals surface area contributed by atoms with E-state index in [9.17, 15) is 9.50 Å². The molecular weight excluding hydrogens is 420 g/mol. The zero-order valence-electron chi connectivity index (χ0n) is 13.8. The summed E-state index contributed by atoms with van der Waals surface area (Å²) in [6, 6.07) is 13.6. The number of nitrogens with zero attached hydrogens (tertiary/aromatic N) is 1. The molecule has 1 atom stereocenters. The van der Waals surface area contributed by atoms with Crippen LogP contribution in [0.4, 0.5) is 10.1 Å². The molecule has 0 spiro atoms. The van der Waals surface area contributed by atoms with Crippen molar-refractivity contribution in [3.63, 3.8) is 0 Å². The predicted octanol–water partition coefficient (Wildman–Crippen LogP) is 3.64. The largest absolute Gasteiger partial charge is 0.384 e. The molecule has 0 fully saturated rings. The van der Waals surface area contributed by atoms with Gasteiger partial charge < -0.3 is 16.2 Å². The molecule has 2 rings (SSSR count). The molecule has 130 valence electrons. The SMILES string of the molecule is CCc1cccc(NC(N)=NCC(C)(O)c2ccc(F)cc2)c1.I. The summed E-state index contributed by atoms with van der Waals surface area (Å²) in [5.74, 6) is -0.120. The summed E-state index contributed by atoms with van der Waals surface area (Å²) in [6.07, 6.45) is 0.936. The average Bonchev–Trinajstić information content (AvgIpc) is 2.54. The van der Waals surface area contributed by atoms with Crippen molar-refractivity contribution in [2.24, 2.45) is 10.7 Å². The van der Waals surface area contributed by atoms with Crippen molar-refractivity contribution in [1.82, 2.24) is 0 Å². The highest BCUT2D eigenvalue weighted by molar-refractivity contribution is 14.0. The Kier molecular flexibility index (Phi) is 7.62. The standard InChI is InChI=1S/C18H22FN3O.HI/c1-3-13-5-4-6-16(11-13)22-17(20)21-12-18(2,23)14-7-9-15(19)10-8-14;/h4-11,23H,3,12H2,1-2H3,(H3,20,21,22);1H.